The summed E-state index contributed by atoms with van der Waals surface area (Å²) in [6, 6.07) is 27.0. The van der Waals surface area contributed by atoms with Gasteiger partial charge in [-0.05, 0) is 72.3 Å². The number of methoxy groups -OCH3 is 2. The van der Waals surface area contributed by atoms with Crippen LogP contribution in [0.3, 0.4) is 0 Å². The SMILES string of the molecule is COc1ccc(C(=O)Nc2cccc(C=Cc3nc4cccc(NC(=O)c5ccccc5OC)c4[nH]3)c2)cc1. The topological polar surface area (TPSA) is 105 Å². The number of benzene rings is 4. The van der Waals surface area contributed by atoms with E-state index in [9.17, 15) is 9.59 Å². The Balaban J connectivity index is 1.31. The molecule has 0 aliphatic heterocycles. The molecule has 1 aromatic heterocycles. The molecule has 0 radical (unpaired) electrons. The van der Waals surface area contributed by atoms with Crippen molar-refractivity contribution in [3.63, 3.8) is 0 Å². The van der Waals surface area contributed by atoms with Gasteiger partial charge in [-0.15, -0.1) is 0 Å². The summed E-state index contributed by atoms with van der Waals surface area (Å²) in [4.78, 5) is 33.4. The first kappa shape index (κ1) is 25.3. The van der Waals surface area contributed by atoms with E-state index in [-0.39, 0.29) is 11.8 Å². The summed E-state index contributed by atoms with van der Waals surface area (Å²) in [5.41, 5.74) is 4.56. The molecule has 39 heavy (non-hydrogen) atoms. The Morgan fingerprint density at radius 2 is 1.59 bits per heavy atom. The van der Waals surface area contributed by atoms with Crippen molar-refractivity contribution in [3.8, 4) is 11.5 Å². The number of H-pyrrole nitrogens is 1. The van der Waals surface area contributed by atoms with Crippen LogP contribution in [0.5, 0.6) is 11.5 Å². The number of ether oxygens (including phenoxy) is 2. The van der Waals surface area contributed by atoms with Crippen LogP contribution in [0.25, 0.3) is 23.2 Å². The molecule has 0 unspecified atom stereocenters. The van der Waals surface area contributed by atoms with Crippen LogP contribution in [0.4, 0.5) is 11.4 Å². The lowest BCUT2D eigenvalue weighted by molar-refractivity contribution is 0.101. The van der Waals surface area contributed by atoms with E-state index in [0.717, 1.165) is 5.56 Å². The number of amides is 2. The first-order valence-corrected chi connectivity index (χ1v) is 12.2. The molecule has 0 bridgehead atoms. The van der Waals surface area contributed by atoms with E-state index in [2.05, 4.69) is 20.6 Å². The zero-order valence-corrected chi connectivity index (χ0v) is 21.4. The molecule has 8 nitrogen and oxygen atoms in total. The Morgan fingerprint density at radius 1 is 0.795 bits per heavy atom. The Hall–Kier alpha value is -5.37. The van der Waals surface area contributed by atoms with Gasteiger partial charge in [0, 0.05) is 11.3 Å². The Kier molecular flexibility index (Phi) is 7.36. The fourth-order valence-corrected chi connectivity index (χ4v) is 4.10. The van der Waals surface area contributed by atoms with Gasteiger partial charge in [-0.25, -0.2) is 4.98 Å². The molecule has 0 saturated carbocycles. The van der Waals surface area contributed by atoms with Gasteiger partial charge in [-0.2, -0.15) is 0 Å². The largest absolute Gasteiger partial charge is 0.497 e. The lowest BCUT2D eigenvalue weighted by Gasteiger charge is -2.09. The molecule has 0 aliphatic carbocycles. The van der Waals surface area contributed by atoms with Gasteiger partial charge in [0.2, 0.25) is 0 Å². The number of fused-ring (bicyclic) bond motifs is 1. The average molecular weight is 519 g/mol. The molecule has 5 aromatic rings. The van der Waals surface area contributed by atoms with Crippen LogP contribution in [-0.2, 0) is 0 Å². The Morgan fingerprint density at radius 3 is 2.38 bits per heavy atom. The van der Waals surface area contributed by atoms with Gasteiger partial charge < -0.3 is 25.1 Å². The van der Waals surface area contributed by atoms with Gasteiger partial charge in [-0.3, -0.25) is 9.59 Å². The van der Waals surface area contributed by atoms with E-state index >= 15 is 0 Å². The van der Waals surface area contributed by atoms with E-state index < -0.39 is 0 Å². The fraction of sp³-hybridized carbons (Fsp3) is 0.0645. The number of aromatic nitrogens is 2. The van der Waals surface area contributed by atoms with Crippen LogP contribution in [-0.4, -0.2) is 36.0 Å². The zero-order valence-electron chi connectivity index (χ0n) is 21.4. The number of hydrogen-bond donors (Lipinski definition) is 3. The molecule has 0 saturated heterocycles. The summed E-state index contributed by atoms with van der Waals surface area (Å²) >= 11 is 0. The van der Waals surface area contributed by atoms with Gasteiger partial charge in [0.15, 0.2) is 0 Å². The highest BCUT2D eigenvalue weighted by Crippen LogP contribution is 2.25. The van der Waals surface area contributed by atoms with Crippen molar-refractivity contribution in [2.45, 2.75) is 0 Å². The molecule has 3 N–H and O–H groups in total. The molecule has 8 heteroatoms. The van der Waals surface area contributed by atoms with Crippen molar-refractivity contribution in [1.29, 1.82) is 0 Å². The zero-order chi connectivity index (χ0) is 27.2. The summed E-state index contributed by atoms with van der Waals surface area (Å²) in [5, 5.41) is 5.86. The van der Waals surface area contributed by atoms with Crippen LogP contribution in [0.15, 0.2) is 91.0 Å². The second-order valence-corrected chi connectivity index (χ2v) is 8.62. The van der Waals surface area contributed by atoms with Crippen molar-refractivity contribution in [1.82, 2.24) is 9.97 Å². The third-order valence-electron chi connectivity index (χ3n) is 6.07. The molecule has 0 spiro atoms. The second-order valence-electron chi connectivity index (χ2n) is 8.62. The number of hydrogen-bond acceptors (Lipinski definition) is 5. The molecule has 0 aliphatic rings. The van der Waals surface area contributed by atoms with Crippen LogP contribution in [0, 0.1) is 0 Å². The van der Waals surface area contributed by atoms with Crippen molar-refractivity contribution in [2.75, 3.05) is 24.9 Å². The van der Waals surface area contributed by atoms with Gasteiger partial charge in [0.1, 0.15) is 17.3 Å². The molecule has 0 fully saturated rings. The maximum atomic E-state index is 12.9. The first-order valence-electron chi connectivity index (χ1n) is 12.2. The quantitative estimate of drug-likeness (QED) is 0.225. The van der Waals surface area contributed by atoms with E-state index in [1.54, 1.807) is 49.6 Å². The summed E-state index contributed by atoms with van der Waals surface area (Å²) in [6.07, 6.45) is 3.74. The number of carbonyl (C=O) groups is 2. The molecular weight excluding hydrogens is 492 g/mol. The van der Waals surface area contributed by atoms with Crippen LogP contribution in [0.2, 0.25) is 0 Å². The number of aromatic amines is 1. The molecule has 4 aromatic carbocycles. The molecule has 2 amide bonds. The van der Waals surface area contributed by atoms with E-state index in [1.807, 2.05) is 60.7 Å². The third kappa shape index (κ3) is 5.80. The lowest BCUT2D eigenvalue weighted by atomic mass is 10.1. The third-order valence-corrected chi connectivity index (χ3v) is 6.07. The number of nitrogens with one attached hydrogen (secondary N) is 3. The van der Waals surface area contributed by atoms with E-state index in [1.165, 1.54) is 7.11 Å². The van der Waals surface area contributed by atoms with Gasteiger partial charge in [0.25, 0.3) is 11.8 Å². The maximum absolute atomic E-state index is 12.9. The molecule has 1 heterocycles. The number of imidazole rings is 1. The minimum Gasteiger partial charge on any atom is -0.497 e. The molecule has 194 valence electrons. The molecule has 5 rings (SSSR count). The summed E-state index contributed by atoms with van der Waals surface area (Å²) < 4.78 is 10.5. The number of anilines is 2. The fourth-order valence-electron chi connectivity index (χ4n) is 4.10. The van der Waals surface area contributed by atoms with Crippen molar-refractivity contribution in [3.05, 3.63) is 114 Å². The lowest BCUT2D eigenvalue weighted by Crippen LogP contribution is -2.13. The van der Waals surface area contributed by atoms with Crippen LogP contribution < -0.4 is 20.1 Å². The van der Waals surface area contributed by atoms with Crippen molar-refractivity contribution < 1.29 is 19.1 Å². The van der Waals surface area contributed by atoms with Crippen LogP contribution in [0.1, 0.15) is 32.1 Å². The smallest absolute Gasteiger partial charge is 0.259 e. The highest BCUT2D eigenvalue weighted by atomic mass is 16.5. The second kappa shape index (κ2) is 11.4. The Labute approximate surface area is 225 Å². The number of nitrogens with zero attached hydrogens (tertiary/aromatic N) is 1. The average Bonchev–Trinajstić information content (AvgIpc) is 3.40. The monoisotopic (exact) mass is 518 g/mol. The molecule has 0 atom stereocenters. The maximum Gasteiger partial charge on any atom is 0.259 e. The molecular formula is C31H26N4O4. The number of rotatable bonds is 8. The summed E-state index contributed by atoms with van der Waals surface area (Å²) in [7, 11) is 3.12. The van der Waals surface area contributed by atoms with Gasteiger partial charge >= 0.3 is 0 Å². The van der Waals surface area contributed by atoms with Gasteiger partial charge in [-0.1, -0.05) is 36.4 Å². The summed E-state index contributed by atoms with van der Waals surface area (Å²) in [6.45, 7) is 0. The van der Waals surface area contributed by atoms with Crippen molar-refractivity contribution in [2.24, 2.45) is 0 Å². The predicted molar refractivity (Wildman–Crippen MR) is 153 cm³/mol. The first-order chi connectivity index (χ1) is 19.0. The van der Waals surface area contributed by atoms with E-state index in [4.69, 9.17) is 9.47 Å². The Bertz CT molecular complexity index is 1670. The normalized spacial score (nSPS) is 10.9. The number of carbonyl (C=O) groups excluding carboxylic acids is 2. The minimum absolute atomic E-state index is 0.209. The standard InChI is InChI=1S/C31H26N4O4/c1-38-23-16-14-21(15-17-23)30(36)32-22-8-5-7-20(19-22)13-18-28-33-25-10-6-11-26(29(25)35-28)34-31(37)24-9-3-4-12-27(24)39-2/h3-19H,1-2H3,(H,32,36)(H,33,35)(H,34,37). The number of para-hydroxylation sites is 2. The predicted octanol–water partition coefficient (Wildman–Crippen LogP) is 6.26. The van der Waals surface area contributed by atoms with Gasteiger partial charge in [0.05, 0.1) is 36.5 Å². The highest BCUT2D eigenvalue weighted by molar-refractivity contribution is 6.09. The van der Waals surface area contributed by atoms with Crippen LogP contribution >= 0.6 is 0 Å². The summed E-state index contributed by atoms with van der Waals surface area (Å²) in [5.74, 6) is 1.32. The van der Waals surface area contributed by atoms with E-state index in [0.29, 0.717) is 50.9 Å². The highest BCUT2D eigenvalue weighted by Gasteiger charge is 2.14. The van der Waals surface area contributed by atoms with Crippen molar-refractivity contribution >= 4 is 46.4 Å². The minimum atomic E-state index is -0.278.